The fourth-order valence-electron chi connectivity index (χ4n) is 3.48. The monoisotopic (exact) mass is 461 g/mol. The second-order valence-electron chi connectivity index (χ2n) is 8.85. The predicted molar refractivity (Wildman–Crippen MR) is 130 cm³/mol. The summed E-state index contributed by atoms with van der Waals surface area (Å²) in [6, 6.07) is 16.7. The highest BCUT2D eigenvalue weighted by Crippen LogP contribution is 2.36. The van der Waals surface area contributed by atoms with Crippen molar-refractivity contribution in [2.24, 2.45) is 5.41 Å². The van der Waals surface area contributed by atoms with Crippen molar-refractivity contribution in [2.45, 2.75) is 20.8 Å². The van der Waals surface area contributed by atoms with Gasteiger partial charge in [-0.15, -0.1) is 0 Å². The number of ether oxygens (including phenoxy) is 2. The molecule has 1 aliphatic rings. The molecule has 0 aliphatic carbocycles. The summed E-state index contributed by atoms with van der Waals surface area (Å²) in [5.41, 5.74) is 3.23. The van der Waals surface area contributed by atoms with E-state index in [4.69, 9.17) is 9.47 Å². The van der Waals surface area contributed by atoms with Crippen molar-refractivity contribution < 1.29 is 24.2 Å². The van der Waals surface area contributed by atoms with E-state index in [1.54, 1.807) is 31.0 Å². The molecular formula is C26H27N3O5. The number of aryl methyl sites for hydroxylation is 1. The molecule has 1 aromatic heterocycles. The van der Waals surface area contributed by atoms with Crippen molar-refractivity contribution >= 4 is 23.4 Å². The van der Waals surface area contributed by atoms with E-state index in [0.717, 1.165) is 22.4 Å². The molecule has 1 aliphatic heterocycles. The largest absolute Gasteiger partial charge is 0.490 e. The molecule has 0 atom stereocenters. The maximum atomic E-state index is 12.9. The number of hydrogen-bond acceptors (Lipinski definition) is 5. The summed E-state index contributed by atoms with van der Waals surface area (Å²) >= 11 is 0. The zero-order valence-corrected chi connectivity index (χ0v) is 19.4. The summed E-state index contributed by atoms with van der Waals surface area (Å²) in [5, 5.41) is 12.2. The summed E-state index contributed by atoms with van der Waals surface area (Å²) in [4.78, 5) is 30.1. The van der Waals surface area contributed by atoms with Gasteiger partial charge in [-0.3, -0.25) is 9.69 Å². The molecule has 0 saturated carbocycles. The third-order valence-corrected chi connectivity index (χ3v) is 5.57. The Morgan fingerprint density at radius 3 is 2.65 bits per heavy atom. The highest BCUT2D eigenvalue weighted by atomic mass is 16.5. The number of carboxylic acids is 1. The first-order chi connectivity index (χ1) is 16.2. The number of aliphatic carboxylic acids is 1. The number of carboxylic acid groups (broad SMARTS) is 1. The van der Waals surface area contributed by atoms with E-state index in [-0.39, 0.29) is 12.6 Å². The third-order valence-electron chi connectivity index (χ3n) is 5.57. The number of urea groups is 1. The lowest BCUT2D eigenvalue weighted by Crippen LogP contribution is -2.40. The minimum atomic E-state index is -1.01. The Hall–Kier alpha value is -4.07. The van der Waals surface area contributed by atoms with Gasteiger partial charge in [-0.1, -0.05) is 18.2 Å². The number of anilines is 2. The van der Waals surface area contributed by atoms with E-state index < -0.39 is 11.4 Å². The van der Waals surface area contributed by atoms with Gasteiger partial charge in [-0.25, -0.2) is 9.78 Å². The highest BCUT2D eigenvalue weighted by Gasteiger charge is 2.28. The van der Waals surface area contributed by atoms with Crippen LogP contribution < -0.4 is 19.7 Å². The zero-order chi connectivity index (χ0) is 24.3. The molecule has 2 heterocycles. The number of hydrogen-bond donors (Lipinski definition) is 2. The van der Waals surface area contributed by atoms with Gasteiger partial charge in [0.15, 0.2) is 0 Å². The molecule has 0 unspecified atom stereocenters. The quantitative estimate of drug-likeness (QED) is 0.537. The van der Waals surface area contributed by atoms with Gasteiger partial charge in [-0.2, -0.15) is 0 Å². The molecule has 2 aromatic carbocycles. The molecular weight excluding hydrogens is 434 g/mol. The summed E-state index contributed by atoms with van der Waals surface area (Å²) in [6.07, 6.45) is 1.66. The van der Waals surface area contributed by atoms with Crippen molar-refractivity contribution in [1.29, 1.82) is 0 Å². The Balaban J connectivity index is 1.48. The Morgan fingerprint density at radius 2 is 1.94 bits per heavy atom. The number of aromatic nitrogens is 1. The molecule has 3 aromatic rings. The predicted octanol–water partition coefficient (Wildman–Crippen LogP) is 4.98. The summed E-state index contributed by atoms with van der Waals surface area (Å²) in [5.74, 6) is 0.0396. The standard InChI is InChI=1S/C26H27N3O5/c1-17-5-4-6-20(13-17)28-25(32)29-11-12-33-22-14-18(7-9-21(22)29)19-8-10-23(27-15-19)34-16-26(2,3)24(30)31/h4-10,13-15H,11-12,16H2,1-3H3,(H,28,32)(H,30,31). The Kier molecular flexibility index (Phi) is 6.40. The van der Waals surface area contributed by atoms with Crippen LogP contribution in [0.25, 0.3) is 11.1 Å². The molecule has 2 N–H and O–H groups in total. The van der Waals surface area contributed by atoms with Crippen molar-refractivity contribution in [3.8, 4) is 22.8 Å². The minimum Gasteiger partial charge on any atom is -0.490 e. The van der Waals surface area contributed by atoms with Crippen LogP contribution in [0.4, 0.5) is 16.2 Å². The summed E-state index contributed by atoms with van der Waals surface area (Å²) < 4.78 is 11.4. The smallest absolute Gasteiger partial charge is 0.326 e. The van der Waals surface area contributed by atoms with Crippen LogP contribution in [0.15, 0.2) is 60.8 Å². The van der Waals surface area contributed by atoms with Crippen molar-refractivity contribution in [3.63, 3.8) is 0 Å². The van der Waals surface area contributed by atoms with Gasteiger partial charge in [0.25, 0.3) is 0 Å². The number of benzene rings is 2. The number of nitrogens with one attached hydrogen (secondary N) is 1. The van der Waals surface area contributed by atoms with Gasteiger partial charge in [0, 0.05) is 23.5 Å². The Morgan fingerprint density at radius 1 is 1.15 bits per heavy atom. The van der Waals surface area contributed by atoms with Crippen LogP contribution in [0.1, 0.15) is 19.4 Å². The molecule has 2 amide bonds. The van der Waals surface area contributed by atoms with Crippen LogP contribution in [0.5, 0.6) is 11.6 Å². The first kappa shape index (κ1) is 23.1. The number of nitrogens with zero attached hydrogens (tertiary/aromatic N) is 2. The maximum Gasteiger partial charge on any atom is 0.326 e. The average Bonchev–Trinajstić information content (AvgIpc) is 2.82. The number of carbonyl (C=O) groups is 2. The number of amides is 2. The van der Waals surface area contributed by atoms with Gasteiger partial charge in [0.1, 0.15) is 19.0 Å². The Labute approximate surface area is 198 Å². The number of pyridine rings is 1. The molecule has 4 rings (SSSR count). The van der Waals surface area contributed by atoms with E-state index in [1.165, 1.54) is 0 Å². The van der Waals surface area contributed by atoms with Crippen molar-refractivity contribution in [3.05, 3.63) is 66.4 Å². The highest BCUT2D eigenvalue weighted by molar-refractivity contribution is 6.03. The maximum absolute atomic E-state index is 12.9. The van der Waals surface area contributed by atoms with Gasteiger partial charge in [-0.05, 0) is 62.2 Å². The van der Waals surface area contributed by atoms with E-state index in [2.05, 4.69) is 10.3 Å². The molecule has 0 fully saturated rings. The van der Waals surface area contributed by atoms with E-state index in [1.807, 2.05) is 55.5 Å². The summed E-state index contributed by atoms with van der Waals surface area (Å²) in [6.45, 7) is 6.03. The molecule has 34 heavy (non-hydrogen) atoms. The molecule has 8 nitrogen and oxygen atoms in total. The lowest BCUT2D eigenvalue weighted by Gasteiger charge is -2.30. The molecule has 0 bridgehead atoms. The van der Waals surface area contributed by atoms with Crippen LogP contribution in [-0.4, -0.2) is 41.8 Å². The van der Waals surface area contributed by atoms with E-state index in [9.17, 15) is 14.7 Å². The SMILES string of the molecule is Cc1cccc(NC(=O)N2CCOc3cc(-c4ccc(OCC(C)(C)C(=O)O)nc4)ccc32)c1. The van der Waals surface area contributed by atoms with Gasteiger partial charge >= 0.3 is 12.0 Å². The average molecular weight is 462 g/mol. The number of carbonyl (C=O) groups excluding carboxylic acids is 1. The first-order valence-corrected chi connectivity index (χ1v) is 11.0. The molecule has 0 radical (unpaired) electrons. The second kappa shape index (κ2) is 9.43. The fourth-order valence-corrected chi connectivity index (χ4v) is 3.48. The van der Waals surface area contributed by atoms with Crippen LogP contribution >= 0.6 is 0 Å². The molecule has 0 saturated heterocycles. The zero-order valence-electron chi connectivity index (χ0n) is 19.4. The number of rotatable bonds is 6. The topological polar surface area (TPSA) is 101 Å². The third kappa shape index (κ3) is 5.11. The van der Waals surface area contributed by atoms with E-state index >= 15 is 0 Å². The van der Waals surface area contributed by atoms with Gasteiger partial charge < -0.3 is 19.9 Å². The second-order valence-corrected chi connectivity index (χ2v) is 8.85. The minimum absolute atomic E-state index is 0.0157. The lowest BCUT2D eigenvalue weighted by molar-refractivity contribution is -0.148. The first-order valence-electron chi connectivity index (χ1n) is 11.0. The van der Waals surface area contributed by atoms with Crippen LogP contribution in [0.2, 0.25) is 0 Å². The normalized spacial score (nSPS) is 13.0. The Bertz CT molecular complexity index is 1210. The fraction of sp³-hybridized carbons (Fsp3) is 0.269. The molecule has 8 heteroatoms. The van der Waals surface area contributed by atoms with Gasteiger partial charge in [0.05, 0.1) is 17.6 Å². The van der Waals surface area contributed by atoms with E-state index in [0.29, 0.717) is 30.5 Å². The van der Waals surface area contributed by atoms with Crippen LogP contribution in [-0.2, 0) is 4.79 Å². The lowest BCUT2D eigenvalue weighted by atomic mass is 9.95. The van der Waals surface area contributed by atoms with Crippen LogP contribution in [0.3, 0.4) is 0 Å². The van der Waals surface area contributed by atoms with Gasteiger partial charge in [0.2, 0.25) is 5.88 Å². The van der Waals surface area contributed by atoms with Crippen molar-refractivity contribution in [2.75, 3.05) is 30.0 Å². The van der Waals surface area contributed by atoms with Crippen molar-refractivity contribution in [1.82, 2.24) is 4.98 Å². The number of fused-ring (bicyclic) bond motifs is 1. The summed E-state index contributed by atoms with van der Waals surface area (Å²) in [7, 11) is 0. The molecule has 176 valence electrons. The molecule has 0 spiro atoms. The van der Waals surface area contributed by atoms with Crippen LogP contribution in [0, 0.1) is 12.3 Å².